The van der Waals surface area contributed by atoms with Gasteiger partial charge in [-0.3, -0.25) is 4.79 Å². The molecule has 1 aromatic rings. The van der Waals surface area contributed by atoms with E-state index in [0.29, 0.717) is 17.1 Å². The van der Waals surface area contributed by atoms with E-state index in [4.69, 9.17) is 22.5 Å². The molecule has 0 aliphatic heterocycles. The molecule has 1 aromatic carbocycles. The van der Waals surface area contributed by atoms with Crippen LogP contribution < -0.4 is 5.73 Å². The van der Waals surface area contributed by atoms with Gasteiger partial charge in [0.05, 0.1) is 6.54 Å². The first-order valence-corrected chi connectivity index (χ1v) is 5.97. The van der Waals surface area contributed by atoms with Gasteiger partial charge in [-0.15, -0.1) is 0 Å². The quantitative estimate of drug-likeness (QED) is 0.371. The first kappa shape index (κ1) is 14.3. The van der Waals surface area contributed by atoms with Crippen LogP contribution in [0.25, 0.3) is 0 Å². The minimum absolute atomic E-state index is 0.00534. The molecular weight excluding hydrogens is 254 g/mol. The van der Waals surface area contributed by atoms with Crippen molar-refractivity contribution in [3.63, 3.8) is 0 Å². The number of nitrogens with two attached hydrogens (primary N) is 1. The lowest BCUT2D eigenvalue weighted by atomic mass is 10.2. The van der Waals surface area contributed by atoms with E-state index in [-0.39, 0.29) is 18.3 Å². The monoisotopic (exact) mass is 269 g/mol. The summed E-state index contributed by atoms with van der Waals surface area (Å²) in [6, 6.07) is 6.62. The Morgan fingerprint density at radius 1 is 1.44 bits per heavy atom. The highest BCUT2D eigenvalue weighted by Gasteiger charge is 2.16. The van der Waals surface area contributed by atoms with Crippen molar-refractivity contribution < 1.29 is 10.0 Å². The fourth-order valence-electron chi connectivity index (χ4n) is 1.52. The van der Waals surface area contributed by atoms with Crippen molar-refractivity contribution in [3.8, 4) is 0 Å². The molecule has 0 heterocycles. The third kappa shape index (κ3) is 3.92. The zero-order valence-electron chi connectivity index (χ0n) is 10.1. The van der Waals surface area contributed by atoms with Crippen LogP contribution in [0.2, 0.25) is 5.02 Å². The number of amidine groups is 1. The Kier molecular flexibility index (Phi) is 5.45. The summed E-state index contributed by atoms with van der Waals surface area (Å²) in [5.74, 6) is -0.161. The van der Waals surface area contributed by atoms with Gasteiger partial charge in [-0.05, 0) is 30.7 Å². The zero-order valence-corrected chi connectivity index (χ0v) is 10.9. The van der Waals surface area contributed by atoms with Crippen molar-refractivity contribution >= 4 is 23.3 Å². The number of oxime groups is 1. The van der Waals surface area contributed by atoms with Gasteiger partial charge in [-0.2, -0.15) is 0 Å². The zero-order chi connectivity index (χ0) is 13.5. The number of rotatable bonds is 5. The number of halogens is 1. The SMILES string of the molecule is CCCN(CC(N)=NO)C(=O)c1ccc(Cl)cc1. The summed E-state index contributed by atoms with van der Waals surface area (Å²) in [6.07, 6.45) is 0.790. The van der Waals surface area contributed by atoms with E-state index in [2.05, 4.69) is 5.16 Å². The average Bonchev–Trinajstić information content (AvgIpc) is 2.38. The van der Waals surface area contributed by atoms with Crippen molar-refractivity contribution in [1.82, 2.24) is 4.90 Å². The van der Waals surface area contributed by atoms with Crippen molar-refractivity contribution in [3.05, 3.63) is 34.9 Å². The molecule has 3 N–H and O–H groups in total. The number of hydrogen-bond acceptors (Lipinski definition) is 3. The number of hydrogen-bond donors (Lipinski definition) is 2. The van der Waals surface area contributed by atoms with E-state index < -0.39 is 0 Å². The second kappa shape index (κ2) is 6.86. The second-order valence-electron chi connectivity index (χ2n) is 3.82. The molecule has 0 aromatic heterocycles. The van der Waals surface area contributed by atoms with E-state index >= 15 is 0 Å². The van der Waals surface area contributed by atoms with Gasteiger partial charge in [0.25, 0.3) is 5.91 Å². The molecule has 0 saturated carbocycles. The van der Waals surface area contributed by atoms with Crippen LogP contribution in [-0.2, 0) is 0 Å². The molecule has 0 aliphatic rings. The molecule has 5 nitrogen and oxygen atoms in total. The van der Waals surface area contributed by atoms with E-state index in [9.17, 15) is 4.79 Å². The Morgan fingerprint density at radius 2 is 2.06 bits per heavy atom. The van der Waals surface area contributed by atoms with Crippen LogP contribution in [0.4, 0.5) is 0 Å². The molecule has 0 bridgehead atoms. The summed E-state index contributed by atoms with van der Waals surface area (Å²) in [7, 11) is 0. The number of benzene rings is 1. The summed E-state index contributed by atoms with van der Waals surface area (Å²) in [5, 5.41) is 12.0. The topological polar surface area (TPSA) is 78.9 Å². The highest BCUT2D eigenvalue weighted by Crippen LogP contribution is 2.11. The van der Waals surface area contributed by atoms with Crippen LogP contribution in [0.1, 0.15) is 23.7 Å². The number of nitrogens with zero attached hydrogens (tertiary/aromatic N) is 2. The first-order chi connectivity index (χ1) is 8.58. The lowest BCUT2D eigenvalue weighted by Crippen LogP contribution is -2.39. The standard InChI is InChI=1S/C12H16ClN3O2/c1-2-7-16(8-11(14)15-18)12(17)9-3-5-10(13)6-4-9/h3-6,18H,2,7-8H2,1H3,(H2,14,15). The van der Waals surface area contributed by atoms with Crippen LogP contribution in [0.15, 0.2) is 29.4 Å². The summed E-state index contributed by atoms with van der Waals surface area (Å²) in [4.78, 5) is 13.7. The van der Waals surface area contributed by atoms with Crippen LogP contribution in [0.3, 0.4) is 0 Å². The van der Waals surface area contributed by atoms with Crippen molar-refractivity contribution in [2.45, 2.75) is 13.3 Å². The fraction of sp³-hybridized carbons (Fsp3) is 0.333. The first-order valence-electron chi connectivity index (χ1n) is 5.59. The summed E-state index contributed by atoms with van der Waals surface area (Å²) >= 11 is 5.77. The third-order valence-corrected chi connectivity index (χ3v) is 2.61. The van der Waals surface area contributed by atoms with Gasteiger partial charge in [0, 0.05) is 17.1 Å². The Bertz CT molecular complexity index is 431. The van der Waals surface area contributed by atoms with Gasteiger partial charge in [0.15, 0.2) is 5.84 Å². The van der Waals surface area contributed by atoms with E-state index in [1.165, 1.54) is 4.90 Å². The molecule has 0 saturated heterocycles. The summed E-state index contributed by atoms with van der Waals surface area (Å²) < 4.78 is 0. The normalized spacial score (nSPS) is 11.3. The van der Waals surface area contributed by atoms with Gasteiger partial charge in [0.2, 0.25) is 0 Å². The number of carbonyl (C=O) groups excluding carboxylic acids is 1. The molecule has 6 heteroatoms. The van der Waals surface area contributed by atoms with E-state index in [0.717, 1.165) is 6.42 Å². The van der Waals surface area contributed by atoms with Gasteiger partial charge >= 0.3 is 0 Å². The van der Waals surface area contributed by atoms with Gasteiger partial charge in [0.1, 0.15) is 0 Å². The largest absolute Gasteiger partial charge is 0.409 e. The fourth-order valence-corrected chi connectivity index (χ4v) is 1.65. The Labute approximate surface area is 111 Å². The van der Waals surface area contributed by atoms with E-state index in [1.54, 1.807) is 24.3 Å². The maximum absolute atomic E-state index is 12.2. The molecule has 18 heavy (non-hydrogen) atoms. The predicted molar refractivity (Wildman–Crippen MR) is 71.1 cm³/mol. The molecule has 0 spiro atoms. The smallest absolute Gasteiger partial charge is 0.254 e. The van der Waals surface area contributed by atoms with Crippen molar-refractivity contribution in [1.29, 1.82) is 0 Å². The van der Waals surface area contributed by atoms with Gasteiger partial charge in [-0.1, -0.05) is 23.7 Å². The Balaban J connectivity index is 2.85. The minimum atomic E-state index is -0.167. The Morgan fingerprint density at radius 3 is 2.56 bits per heavy atom. The molecule has 0 aliphatic carbocycles. The molecule has 98 valence electrons. The van der Waals surface area contributed by atoms with E-state index in [1.807, 2.05) is 6.92 Å². The highest BCUT2D eigenvalue weighted by atomic mass is 35.5. The minimum Gasteiger partial charge on any atom is -0.409 e. The number of amides is 1. The van der Waals surface area contributed by atoms with Crippen molar-refractivity contribution in [2.75, 3.05) is 13.1 Å². The maximum Gasteiger partial charge on any atom is 0.254 e. The highest BCUT2D eigenvalue weighted by molar-refractivity contribution is 6.30. The molecule has 0 atom stereocenters. The van der Waals surface area contributed by atoms with Gasteiger partial charge in [-0.25, -0.2) is 0 Å². The average molecular weight is 270 g/mol. The lowest BCUT2D eigenvalue weighted by Gasteiger charge is -2.21. The summed E-state index contributed by atoms with van der Waals surface area (Å²) in [6.45, 7) is 2.60. The summed E-state index contributed by atoms with van der Waals surface area (Å²) in [5.41, 5.74) is 5.96. The molecule has 0 radical (unpaired) electrons. The van der Waals surface area contributed by atoms with Crippen LogP contribution >= 0.6 is 11.6 Å². The lowest BCUT2D eigenvalue weighted by molar-refractivity contribution is 0.0778. The molecule has 1 rings (SSSR count). The Hall–Kier alpha value is -1.75. The third-order valence-electron chi connectivity index (χ3n) is 2.35. The second-order valence-corrected chi connectivity index (χ2v) is 4.26. The molecule has 1 amide bonds. The van der Waals surface area contributed by atoms with Crippen LogP contribution in [0, 0.1) is 0 Å². The van der Waals surface area contributed by atoms with Gasteiger partial charge < -0.3 is 15.8 Å². The maximum atomic E-state index is 12.2. The van der Waals surface area contributed by atoms with Crippen molar-refractivity contribution in [2.24, 2.45) is 10.9 Å². The number of carbonyl (C=O) groups is 1. The molecule has 0 unspecified atom stereocenters. The van der Waals surface area contributed by atoms with Crippen LogP contribution in [0.5, 0.6) is 0 Å². The molecule has 0 fully saturated rings. The predicted octanol–water partition coefficient (Wildman–Crippen LogP) is 1.94. The van der Waals surface area contributed by atoms with Crippen LogP contribution in [-0.4, -0.2) is 34.9 Å². The molecular formula is C12H16ClN3O2.